The molecule has 2 fully saturated rings. The van der Waals surface area contributed by atoms with Crippen molar-refractivity contribution < 1.29 is 0 Å². The van der Waals surface area contributed by atoms with Crippen LogP contribution in [0.2, 0.25) is 0 Å². The first kappa shape index (κ1) is 17.3. The summed E-state index contributed by atoms with van der Waals surface area (Å²) in [5.41, 5.74) is 0.508. The maximum Gasteiger partial charge on any atom is 0.0249 e. The highest BCUT2D eigenvalue weighted by Crippen LogP contribution is 2.42. The maximum atomic E-state index is 3.84. The second-order valence-corrected chi connectivity index (χ2v) is 8.36. The number of hydrogen-bond acceptors (Lipinski definition) is 2. The van der Waals surface area contributed by atoms with Crippen LogP contribution in [0.5, 0.6) is 0 Å². The molecule has 2 aliphatic carbocycles. The van der Waals surface area contributed by atoms with Gasteiger partial charge in [-0.3, -0.25) is 0 Å². The lowest BCUT2D eigenvalue weighted by Crippen LogP contribution is -2.54. The lowest BCUT2D eigenvalue weighted by atomic mass is 9.67. The molecule has 0 spiro atoms. The van der Waals surface area contributed by atoms with E-state index >= 15 is 0 Å². The van der Waals surface area contributed by atoms with E-state index in [9.17, 15) is 0 Å². The molecule has 2 rings (SSSR count). The second kappa shape index (κ2) is 7.46. The highest BCUT2D eigenvalue weighted by Gasteiger charge is 2.39. The largest absolute Gasteiger partial charge is 0.312 e. The number of nitrogens with one attached hydrogen (secondary N) is 1. The van der Waals surface area contributed by atoms with E-state index in [-0.39, 0.29) is 0 Å². The molecule has 21 heavy (non-hydrogen) atoms. The molecule has 0 aromatic heterocycles. The fourth-order valence-corrected chi connectivity index (χ4v) is 4.04. The van der Waals surface area contributed by atoms with Crippen LogP contribution in [0.25, 0.3) is 0 Å². The lowest BCUT2D eigenvalue weighted by molar-refractivity contribution is 0.0604. The summed E-state index contributed by atoms with van der Waals surface area (Å²) in [6, 6.07) is 1.47. The van der Waals surface area contributed by atoms with Crippen LogP contribution in [0, 0.1) is 17.3 Å². The van der Waals surface area contributed by atoms with Gasteiger partial charge in [0, 0.05) is 18.6 Å². The lowest BCUT2D eigenvalue weighted by Gasteiger charge is -2.46. The topological polar surface area (TPSA) is 15.3 Å². The Bertz CT molecular complexity index is 309. The highest BCUT2D eigenvalue weighted by molar-refractivity contribution is 4.95. The van der Waals surface area contributed by atoms with E-state index in [1.54, 1.807) is 0 Å². The van der Waals surface area contributed by atoms with Crippen LogP contribution in [-0.4, -0.2) is 37.1 Å². The second-order valence-electron chi connectivity index (χ2n) is 8.36. The summed E-state index contributed by atoms with van der Waals surface area (Å²) in [5.74, 6) is 1.90. The van der Waals surface area contributed by atoms with Gasteiger partial charge in [-0.1, -0.05) is 34.1 Å². The molecule has 0 aromatic carbocycles. The van der Waals surface area contributed by atoms with Gasteiger partial charge in [0.25, 0.3) is 0 Å². The van der Waals surface area contributed by atoms with E-state index in [0.717, 1.165) is 23.9 Å². The minimum absolute atomic E-state index is 0.508. The molecule has 2 heteroatoms. The number of rotatable bonds is 8. The van der Waals surface area contributed by atoms with Gasteiger partial charge in [-0.15, -0.1) is 0 Å². The van der Waals surface area contributed by atoms with Crippen molar-refractivity contribution in [2.24, 2.45) is 17.3 Å². The summed E-state index contributed by atoms with van der Waals surface area (Å²) < 4.78 is 0. The molecular weight excluding hydrogens is 256 g/mol. The van der Waals surface area contributed by atoms with Gasteiger partial charge in [-0.05, 0) is 69.4 Å². The highest BCUT2D eigenvalue weighted by atomic mass is 15.2. The third-order valence-corrected chi connectivity index (χ3v) is 6.30. The molecule has 0 bridgehead atoms. The summed E-state index contributed by atoms with van der Waals surface area (Å²) in [5, 5.41) is 3.84. The molecule has 124 valence electrons. The van der Waals surface area contributed by atoms with Gasteiger partial charge in [0.1, 0.15) is 0 Å². The Morgan fingerprint density at radius 1 is 1.10 bits per heavy atom. The molecular formula is C19H38N2. The zero-order valence-corrected chi connectivity index (χ0v) is 15.1. The van der Waals surface area contributed by atoms with Crippen molar-refractivity contribution in [2.45, 2.75) is 84.7 Å². The molecule has 2 saturated carbocycles. The Kier molecular flexibility index (Phi) is 6.14. The summed E-state index contributed by atoms with van der Waals surface area (Å²) in [4.78, 5) is 2.70. The van der Waals surface area contributed by atoms with Crippen molar-refractivity contribution in [3.8, 4) is 0 Å². The summed E-state index contributed by atoms with van der Waals surface area (Å²) in [6.07, 6.45) is 9.67. The Morgan fingerprint density at radius 3 is 2.38 bits per heavy atom. The van der Waals surface area contributed by atoms with Gasteiger partial charge in [0.05, 0.1) is 0 Å². The summed E-state index contributed by atoms with van der Waals surface area (Å²) in [6.45, 7) is 12.1. The minimum Gasteiger partial charge on any atom is -0.312 e. The van der Waals surface area contributed by atoms with E-state index in [1.807, 2.05) is 0 Å². The van der Waals surface area contributed by atoms with Gasteiger partial charge in [0.2, 0.25) is 0 Å². The fourth-order valence-electron chi connectivity index (χ4n) is 4.04. The molecule has 3 atom stereocenters. The van der Waals surface area contributed by atoms with E-state index in [0.29, 0.717) is 5.41 Å². The molecule has 0 aromatic rings. The van der Waals surface area contributed by atoms with Crippen molar-refractivity contribution >= 4 is 0 Å². The smallest absolute Gasteiger partial charge is 0.0249 e. The fraction of sp³-hybridized carbons (Fsp3) is 1.00. The maximum absolute atomic E-state index is 3.84. The van der Waals surface area contributed by atoms with Crippen molar-refractivity contribution in [2.75, 3.05) is 20.1 Å². The average Bonchev–Trinajstić information content (AvgIpc) is 3.28. The zero-order valence-electron chi connectivity index (χ0n) is 15.1. The SMILES string of the molecule is CCCNC1CCC(C(C)(C)CC)CC1N(C)CC1CC1. The Labute approximate surface area is 133 Å². The first-order valence-electron chi connectivity index (χ1n) is 9.41. The first-order chi connectivity index (χ1) is 9.97. The van der Waals surface area contributed by atoms with Gasteiger partial charge in [-0.2, -0.15) is 0 Å². The normalized spacial score (nSPS) is 30.9. The molecule has 0 amide bonds. The van der Waals surface area contributed by atoms with E-state index in [1.165, 1.54) is 58.0 Å². The van der Waals surface area contributed by atoms with Crippen LogP contribution in [0.1, 0.15) is 72.6 Å². The van der Waals surface area contributed by atoms with E-state index < -0.39 is 0 Å². The van der Waals surface area contributed by atoms with Crippen LogP contribution >= 0.6 is 0 Å². The van der Waals surface area contributed by atoms with Gasteiger partial charge < -0.3 is 10.2 Å². The standard InChI is InChI=1S/C19H38N2/c1-6-12-20-17-11-10-16(19(3,4)7-2)13-18(17)21(5)14-15-8-9-15/h15-18,20H,6-14H2,1-5H3. The van der Waals surface area contributed by atoms with Crippen LogP contribution in [0.3, 0.4) is 0 Å². The third kappa shape index (κ3) is 4.69. The number of likely N-dealkylation sites (N-methyl/N-ethyl adjacent to an activating group) is 1. The van der Waals surface area contributed by atoms with Crippen molar-refractivity contribution in [3.05, 3.63) is 0 Å². The Morgan fingerprint density at radius 2 is 1.81 bits per heavy atom. The molecule has 2 aliphatic rings. The van der Waals surface area contributed by atoms with Crippen molar-refractivity contribution in [1.82, 2.24) is 10.2 Å². The van der Waals surface area contributed by atoms with Crippen molar-refractivity contribution in [1.29, 1.82) is 0 Å². The molecule has 1 N–H and O–H groups in total. The summed E-state index contributed by atoms with van der Waals surface area (Å²) >= 11 is 0. The van der Waals surface area contributed by atoms with Crippen LogP contribution in [0.15, 0.2) is 0 Å². The molecule has 3 unspecified atom stereocenters. The molecule has 0 aliphatic heterocycles. The molecule has 0 saturated heterocycles. The minimum atomic E-state index is 0.508. The molecule has 0 radical (unpaired) electrons. The zero-order chi connectivity index (χ0) is 15.5. The van der Waals surface area contributed by atoms with Gasteiger partial charge >= 0.3 is 0 Å². The van der Waals surface area contributed by atoms with Crippen molar-refractivity contribution in [3.63, 3.8) is 0 Å². The quantitative estimate of drug-likeness (QED) is 0.718. The van der Waals surface area contributed by atoms with Crippen LogP contribution in [-0.2, 0) is 0 Å². The van der Waals surface area contributed by atoms with Gasteiger partial charge in [-0.25, -0.2) is 0 Å². The third-order valence-electron chi connectivity index (χ3n) is 6.30. The van der Waals surface area contributed by atoms with Crippen LogP contribution in [0.4, 0.5) is 0 Å². The van der Waals surface area contributed by atoms with E-state index in [4.69, 9.17) is 0 Å². The predicted molar refractivity (Wildman–Crippen MR) is 92.6 cm³/mol. The van der Waals surface area contributed by atoms with Gasteiger partial charge in [0.15, 0.2) is 0 Å². The first-order valence-corrected chi connectivity index (χ1v) is 9.41. The Hall–Kier alpha value is -0.0800. The monoisotopic (exact) mass is 294 g/mol. The number of hydrogen-bond donors (Lipinski definition) is 1. The predicted octanol–water partition coefficient (Wildman–Crippen LogP) is 4.30. The van der Waals surface area contributed by atoms with E-state index in [2.05, 4.69) is 45.0 Å². The molecule has 0 heterocycles. The Balaban J connectivity index is 1.99. The number of nitrogens with zero attached hydrogens (tertiary/aromatic N) is 1. The van der Waals surface area contributed by atoms with Crippen LogP contribution < -0.4 is 5.32 Å². The summed E-state index contributed by atoms with van der Waals surface area (Å²) in [7, 11) is 2.38. The average molecular weight is 295 g/mol. The molecule has 2 nitrogen and oxygen atoms in total.